The number of nitriles is 1. The van der Waals surface area contributed by atoms with Crippen LogP contribution in [-0.4, -0.2) is 47.5 Å². The van der Waals surface area contributed by atoms with Crippen LogP contribution in [0, 0.1) is 17.1 Å². The summed E-state index contributed by atoms with van der Waals surface area (Å²) in [6.07, 6.45) is 4.68. The lowest BCUT2D eigenvalue weighted by molar-refractivity contribution is -0.132. The summed E-state index contributed by atoms with van der Waals surface area (Å²) in [6.45, 7) is 6.05. The molecular weight excluding hydrogens is 405 g/mol. The summed E-state index contributed by atoms with van der Waals surface area (Å²) in [4.78, 5) is 21.7. The number of hydrogen-bond donors (Lipinski definition) is 1. The van der Waals surface area contributed by atoms with Crippen molar-refractivity contribution >= 4 is 11.7 Å². The lowest BCUT2D eigenvalue weighted by Gasteiger charge is -2.46. The third-order valence-corrected chi connectivity index (χ3v) is 6.69. The van der Waals surface area contributed by atoms with Crippen molar-refractivity contribution in [3.63, 3.8) is 0 Å². The van der Waals surface area contributed by atoms with Crippen LogP contribution in [0.1, 0.15) is 50.7 Å². The molecule has 1 aromatic heterocycles. The van der Waals surface area contributed by atoms with E-state index in [1.807, 2.05) is 23.1 Å². The standard InChI is InChI=1S/C25H30FN5O/c1-3-20-17-30(16-18(2)31(20)23-9-8-19(14-27)15-28-23)24(32)10-13-29-25(11-12-25)21-6-4-5-7-22(21)26/h4-9,15,18,20,29H,3,10-13,16-17H2,1-2H3. The molecule has 0 bridgehead atoms. The number of anilines is 1. The monoisotopic (exact) mass is 435 g/mol. The molecule has 32 heavy (non-hydrogen) atoms. The maximum absolute atomic E-state index is 14.2. The van der Waals surface area contributed by atoms with E-state index in [1.165, 1.54) is 6.07 Å². The van der Waals surface area contributed by atoms with Crippen LogP contribution in [0.5, 0.6) is 0 Å². The van der Waals surface area contributed by atoms with Gasteiger partial charge in [0.2, 0.25) is 5.91 Å². The molecule has 1 amide bonds. The summed E-state index contributed by atoms with van der Waals surface area (Å²) < 4.78 is 14.2. The topological polar surface area (TPSA) is 72.3 Å². The fraction of sp³-hybridized carbons (Fsp3) is 0.480. The lowest BCUT2D eigenvalue weighted by Crippen LogP contribution is -2.59. The Labute approximate surface area is 189 Å². The SMILES string of the molecule is CCC1CN(C(=O)CCNC2(c3ccccc3F)CC2)CC(C)N1c1ccc(C#N)cn1. The second kappa shape index (κ2) is 9.25. The normalized spacial score (nSPS) is 21.8. The Morgan fingerprint density at radius 1 is 1.28 bits per heavy atom. The average molecular weight is 436 g/mol. The van der Waals surface area contributed by atoms with Crippen molar-refractivity contribution in [1.82, 2.24) is 15.2 Å². The Hall–Kier alpha value is -2.98. The van der Waals surface area contributed by atoms with Crippen LogP contribution in [0.3, 0.4) is 0 Å². The third-order valence-electron chi connectivity index (χ3n) is 6.69. The van der Waals surface area contributed by atoms with E-state index < -0.39 is 0 Å². The highest BCUT2D eigenvalue weighted by molar-refractivity contribution is 5.77. The molecule has 1 aliphatic heterocycles. The maximum Gasteiger partial charge on any atom is 0.223 e. The van der Waals surface area contributed by atoms with Crippen LogP contribution in [-0.2, 0) is 10.3 Å². The van der Waals surface area contributed by atoms with E-state index in [0.29, 0.717) is 37.2 Å². The van der Waals surface area contributed by atoms with Gasteiger partial charge in [-0.05, 0) is 44.4 Å². The first kappa shape index (κ1) is 22.2. The molecule has 168 valence electrons. The number of aromatic nitrogens is 1. The number of nitrogens with one attached hydrogen (secondary N) is 1. The fourth-order valence-electron chi connectivity index (χ4n) is 4.81. The van der Waals surface area contributed by atoms with Crippen LogP contribution < -0.4 is 10.2 Å². The number of amides is 1. The van der Waals surface area contributed by atoms with E-state index in [1.54, 1.807) is 18.3 Å². The smallest absolute Gasteiger partial charge is 0.223 e. The molecule has 0 radical (unpaired) electrons. The Morgan fingerprint density at radius 2 is 2.06 bits per heavy atom. The molecule has 0 spiro atoms. The number of pyridine rings is 1. The minimum Gasteiger partial charge on any atom is -0.347 e. The van der Waals surface area contributed by atoms with Gasteiger partial charge in [0.25, 0.3) is 0 Å². The quantitative estimate of drug-likeness (QED) is 0.720. The number of hydrogen-bond acceptors (Lipinski definition) is 5. The average Bonchev–Trinajstić information content (AvgIpc) is 3.59. The van der Waals surface area contributed by atoms with Gasteiger partial charge >= 0.3 is 0 Å². The van der Waals surface area contributed by atoms with E-state index in [9.17, 15) is 9.18 Å². The minimum atomic E-state index is -0.315. The fourth-order valence-corrected chi connectivity index (χ4v) is 4.81. The zero-order chi connectivity index (χ0) is 22.7. The van der Waals surface area contributed by atoms with E-state index in [4.69, 9.17) is 5.26 Å². The predicted octanol–water partition coefficient (Wildman–Crippen LogP) is 3.58. The summed E-state index contributed by atoms with van der Waals surface area (Å²) in [5.41, 5.74) is 0.931. The van der Waals surface area contributed by atoms with Gasteiger partial charge in [-0.15, -0.1) is 0 Å². The zero-order valence-corrected chi connectivity index (χ0v) is 18.7. The second-order valence-corrected chi connectivity index (χ2v) is 8.87. The van der Waals surface area contributed by atoms with E-state index in [2.05, 4.69) is 35.1 Å². The van der Waals surface area contributed by atoms with Gasteiger partial charge in [0.05, 0.1) is 5.56 Å². The van der Waals surface area contributed by atoms with Gasteiger partial charge in [-0.1, -0.05) is 25.1 Å². The highest BCUT2D eigenvalue weighted by Crippen LogP contribution is 2.46. The molecule has 2 heterocycles. The molecule has 2 fully saturated rings. The first-order valence-corrected chi connectivity index (χ1v) is 11.4. The maximum atomic E-state index is 14.2. The molecule has 2 atom stereocenters. The summed E-state index contributed by atoms with van der Waals surface area (Å²) in [7, 11) is 0. The molecule has 6 nitrogen and oxygen atoms in total. The van der Waals surface area contributed by atoms with Crippen molar-refractivity contribution in [2.45, 2.75) is 57.2 Å². The van der Waals surface area contributed by atoms with E-state index in [0.717, 1.165) is 25.1 Å². The number of benzene rings is 1. The molecule has 4 rings (SSSR count). The van der Waals surface area contributed by atoms with Crippen molar-refractivity contribution < 1.29 is 9.18 Å². The Balaban J connectivity index is 1.35. The Bertz CT molecular complexity index is 998. The number of carbonyl (C=O) groups is 1. The summed E-state index contributed by atoms with van der Waals surface area (Å²) in [6, 6.07) is 13.0. The van der Waals surface area contributed by atoms with E-state index >= 15 is 0 Å². The van der Waals surface area contributed by atoms with Gasteiger partial charge in [0, 0.05) is 55.4 Å². The molecule has 2 unspecified atom stereocenters. The van der Waals surface area contributed by atoms with Crippen molar-refractivity contribution in [1.29, 1.82) is 5.26 Å². The lowest BCUT2D eigenvalue weighted by atomic mass is 10.0. The second-order valence-electron chi connectivity index (χ2n) is 8.87. The highest BCUT2D eigenvalue weighted by atomic mass is 19.1. The van der Waals surface area contributed by atoms with Gasteiger partial charge in [-0.2, -0.15) is 5.26 Å². The zero-order valence-electron chi connectivity index (χ0n) is 18.7. The van der Waals surface area contributed by atoms with Crippen molar-refractivity contribution in [2.24, 2.45) is 0 Å². The van der Waals surface area contributed by atoms with Crippen LogP contribution in [0.4, 0.5) is 10.2 Å². The molecule has 1 saturated carbocycles. The summed E-state index contributed by atoms with van der Waals surface area (Å²) >= 11 is 0. The molecule has 1 aliphatic carbocycles. The Kier molecular flexibility index (Phi) is 6.43. The molecule has 1 aromatic carbocycles. The Morgan fingerprint density at radius 3 is 2.69 bits per heavy atom. The molecule has 2 aliphatic rings. The molecule has 1 N–H and O–H groups in total. The number of rotatable bonds is 7. The van der Waals surface area contributed by atoms with Crippen LogP contribution >= 0.6 is 0 Å². The minimum absolute atomic E-state index is 0.124. The van der Waals surface area contributed by atoms with Crippen molar-refractivity contribution in [2.75, 3.05) is 24.5 Å². The summed E-state index contributed by atoms with van der Waals surface area (Å²) in [5.74, 6) is 0.785. The van der Waals surface area contributed by atoms with Crippen molar-refractivity contribution in [3.8, 4) is 6.07 Å². The summed E-state index contributed by atoms with van der Waals surface area (Å²) in [5, 5.41) is 12.5. The van der Waals surface area contributed by atoms with Crippen LogP contribution in [0.2, 0.25) is 0 Å². The van der Waals surface area contributed by atoms with Crippen LogP contribution in [0.15, 0.2) is 42.6 Å². The molecule has 2 aromatic rings. The molecular formula is C25H30FN5O. The largest absolute Gasteiger partial charge is 0.347 e. The first-order chi connectivity index (χ1) is 15.5. The van der Waals surface area contributed by atoms with Gasteiger partial charge in [-0.25, -0.2) is 9.37 Å². The van der Waals surface area contributed by atoms with Gasteiger partial charge in [-0.3, -0.25) is 4.79 Å². The predicted molar refractivity (Wildman–Crippen MR) is 121 cm³/mol. The number of nitrogens with zero attached hydrogens (tertiary/aromatic N) is 4. The van der Waals surface area contributed by atoms with E-state index in [-0.39, 0.29) is 29.3 Å². The number of piperazine rings is 1. The van der Waals surface area contributed by atoms with Gasteiger partial charge in [0.1, 0.15) is 17.7 Å². The number of carbonyl (C=O) groups excluding carboxylic acids is 1. The number of halogens is 1. The third kappa shape index (κ3) is 4.46. The highest BCUT2D eigenvalue weighted by Gasteiger charge is 2.45. The molecule has 1 saturated heterocycles. The van der Waals surface area contributed by atoms with Gasteiger partial charge in [0.15, 0.2) is 0 Å². The first-order valence-electron chi connectivity index (χ1n) is 11.4. The van der Waals surface area contributed by atoms with Crippen LogP contribution in [0.25, 0.3) is 0 Å². The molecule has 7 heteroatoms. The van der Waals surface area contributed by atoms with Gasteiger partial charge < -0.3 is 15.1 Å². The van der Waals surface area contributed by atoms with Crippen molar-refractivity contribution in [3.05, 3.63) is 59.5 Å².